The first kappa shape index (κ1) is 23.6. The van der Waals surface area contributed by atoms with E-state index in [2.05, 4.69) is 15.9 Å². The van der Waals surface area contributed by atoms with Crippen molar-refractivity contribution in [2.45, 2.75) is 91.0 Å². The lowest BCUT2D eigenvalue weighted by molar-refractivity contribution is 0.0706. The maximum Gasteiger partial charge on any atom is 0.500 e. The molecule has 0 bridgehead atoms. The molecule has 0 aromatic carbocycles. The largest absolute Gasteiger partial charge is 0.500 e. The third-order valence-electron chi connectivity index (χ3n) is 3.96. The Balaban J connectivity index is 3.65. The molecule has 0 radical (unpaired) electrons. The summed E-state index contributed by atoms with van der Waals surface area (Å²) in [5.41, 5.74) is 0. The van der Waals surface area contributed by atoms with Crippen LogP contribution in [0.4, 0.5) is 0 Å². The first-order valence-corrected chi connectivity index (χ1v) is 12.8. The molecule has 0 aliphatic carbocycles. The quantitative estimate of drug-likeness (QED) is 0.150. The van der Waals surface area contributed by atoms with E-state index in [4.69, 9.17) is 13.3 Å². The van der Waals surface area contributed by atoms with E-state index in [1.807, 2.05) is 20.8 Å². The molecule has 23 heavy (non-hydrogen) atoms. The van der Waals surface area contributed by atoms with E-state index in [0.29, 0.717) is 19.8 Å². The predicted octanol–water partition coefficient (Wildman–Crippen LogP) is 6.33. The minimum atomic E-state index is -2.39. The molecule has 0 N–H and O–H groups in total. The summed E-state index contributed by atoms with van der Waals surface area (Å²) >= 11 is 3.49. The van der Waals surface area contributed by atoms with Crippen molar-refractivity contribution >= 4 is 24.7 Å². The van der Waals surface area contributed by atoms with Crippen LogP contribution in [-0.4, -0.2) is 34.0 Å². The highest BCUT2D eigenvalue weighted by molar-refractivity contribution is 9.09. The third-order valence-corrected chi connectivity index (χ3v) is 7.67. The van der Waals surface area contributed by atoms with E-state index in [1.54, 1.807) is 0 Å². The average molecular weight is 411 g/mol. The molecule has 0 aliphatic rings. The minimum absolute atomic E-state index is 0.682. The molecule has 0 saturated carbocycles. The molecule has 0 aliphatic heterocycles. The van der Waals surface area contributed by atoms with Gasteiger partial charge in [-0.1, -0.05) is 67.3 Å². The Bertz CT molecular complexity index is 225. The van der Waals surface area contributed by atoms with Crippen LogP contribution >= 0.6 is 15.9 Å². The van der Waals surface area contributed by atoms with Gasteiger partial charge in [0.2, 0.25) is 0 Å². The van der Waals surface area contributed by atoms with Gasteiger partial charge in [0.1, 0.15) is 0 Å². The first-order chi connectivity index (χ1) is 11.2. The Morgan fingerprint density at radius 3 is 1.26 bits per heavy atom. The highest BCUT2D eigenvalue weighted by atomic mass is 79.9. The van der Waals surface area contributed by atoms with Gasteiger partial charge in [0.25, 0.3) is 0 Å². The van der Waals surface area contributed by atoms with Crippen molar-refractivity contribution in [2.75, 3.05) is 25.2 Å². The van der Waals surface area contributed by atoms with Crippen LogP contribution in [0.25, 0.3) is 0 Å². The molecule has 0 saturated heterocycles. The number of alkyl halides is 1. The average Bonchev–Trinajstić information content (AvgIpc) is 2.53. The summed E-state index contributed by atoms with van der Waals surface area (Å²) < 4.78 is 17.7. The second-order valence-electron chi connectivity index (χ2n) is 5.96. The molecule has 0 heterocycles. The summed E-state index contributed by atoms with van der Waals surface area (Å²) in [5, 5.41) is 1.16. The molecule has 0 aromatic heterocycles. The van der Waals surface area contributed by atoms with Crippen LogP contribution in [-0.2, 0) is 13.3 Å². The van der Waals surface area contributed by atoms with Crippen LogP contribution < -0.4 is 0 Å². The van der Waals surface area contributed by atoms with Gasteiger partial charge >= 0.3 is 8.80 Å². The Morgan fingerprint density at radius 1 is 0.565 bits per heavy atom. The summed E-state index contributed by atoms with van der Waals surface area (Å²) in [6, 6.07) is 0.967. The van der Waals surface area contributed by atoms with Crippen molar-refractivity contribution < 1.29 is 13.3 Å². The lowest BCUT2D eigenvalue weighted by atomic mass is 10.1. The van der Waals surface area contributed by atoms with Gasteiger partial charge in [0.05, 0.1) is 0 Å². The molecule has 0 amide bonds. The molecule has 0 spiro atoms. The van der Waals surface area contributed by atoms with Crippen LogP contribution in [0.15, 0.2) is 0 Å². The van der Waals surface area contributed by atoms with Crippen LogP contribution in [0, 0.1) is 0 Å². The van der Waals surface area contributed by atoms with E-state index < -0.39 is 8.80 Å². The maximum absolute atomic E-state index is 5.89. The molecular weight excluding hydrogens is 372 g/mol. The van der Waals surface area contributed by atoms with Crippen LogP contribution in [0.1, 0.15) is 85.0 Å². The van der Waals surface area contributed by atoms with Gasteiger partial charge in [0.15, 0.2) is 0 Å². The number of hydrogen-bond acceptors (Lipinski definition) is 3. The van der Waals surface area contributed by atoms with Gasteiger partial charge in [-0.2, -0.15) is 0 Å². The fourth-order valence-corrected chi connectivity index (χ4v) is 5.93. The number of hydrogen-bond donors (Lipinski definition) is 0. The van der Waals surface area contributed by atoms with E-state index in [0.717, 1.165) is 17.8 Å². The highest BCUT2D eigenvalue weighted by Gasteiger charge is 2.39. The van der Waals surface area contributed by atoms with Gasteiger partial charge in [-0.05, 0) is 33.6 Å². The van der Waals surface area contributed by atoms with E-state index >= 15 is 0 Å². The molecule has 140 valence electrons. The molecule has 0 atom stereocenters. The fourth-order valence-electron chi connectivity index (χ4n) is 2.85. The number of halogens is 1. The van der Waals surface area contributed by atoms with Crippen molar-refractivity contribution in [1.29, 1.82) is 0 Å². The van der Waals surface area contributed by atoms with Gasteiger partial charge in [-0.15, -0.1) is 0 Å². The van der Waals surface area contributed by atoms with E-state index in [9.17, 15) is 0 Å². The second-order valence-corrected chi connectivity index (χ2v) is 9.48. The van der Waals surface area contributed by atoms with E-state index in [1.165, 1.54) is 57.8 Å². The summed E-state index contributed by atoms with van der Waals surface area (Å²) in [7, 11) is -2.39. The molecule has 0 fully saturated rings. The molecule has 5 heteroatoms. The zero-order valence-corrected chi connectivity index (χ0v) is 18.3. The fraction of sp³-hybridized carbons (Fsp3) is 1.00. The van der Waals surface area contributed by atoms with Crippen LogP contribution in [0.2, 0.25) is 6.04 Å². The zero-order valence-electron chi connectivity index (χ0n) is 15.7. The topological polar surface area (TPSA) is 27.7 Å². The van der Waals surface area contributed by atoms with Crippen molar-refractivity contribution in [3.05, 3.63) is 0 Å². The maximum atomic E-state index is 5.89. The molecule has 0 unspecified atom stereocenters. The van der Waals surface area contributed by atoms with Crippen LogP contribution in [0.5, 0.6) is 0 Å². The Morgan fingerprint density at radius 2 is 0.913 bits per heavy atom. The van der Waals surface area contributed by atoms with Gasteiger partial charge in [0, 0.05) is 31.2 Å². The standard InChI is InChI=1S/C18H39BrO3Si/c1-4-20-23(21-5-2,22-6-3)18-16-14-12-10-8-7-9-11-13-15-17-19/h4-18H2,1-3H3. The zero-order chi connectivity index (χ0) is 17.2. The Kier molecular flexibility index (Phi) is 17.8. The summed E-state index contributed by atoms with van der Waals surface area (Å²) in [6.07, 6.45) is 13.4. The summed E-state index contributed by atoms with van der Waals surface area (Å²) in [5.74, 6) is 0. The number of rotatable bonds is 18. The Labute approximate surface area is 154 Å². The van der Waals surface area contributed by atoms with Crippen LogP contribution in [0.3, 0.4) is 0 Å². The predicted molar refractivity (Wildman–Crippen MR) is 105 cm³/mol. The summed E-state index contributed by atoms with van der Waals surface area (Å²) in [4.78, 5) is 0. The van der Waals surface area contributed by atoms with Gasteiger partial charge in [-0.25, -0.2) is 0 Å². The third kappa shape index (κ3) is 13.5. The van der Waals surface area contributed by atoms with Gasteiger partial charge < -0.3 is 13.3 Å². The lowest BCUT2D eigenvalue weighted by Crippen LogP contribution is -2.45. The molecule has 0 aromatic rings. The minimum Gasteiger partial charge on any atom is -0.374 e. The molecule has 0 rings (SSSR count). The monoisotopic (exact) mass is 410 g/mol. The molecule has 3 nitrogen and oxygen atoms in total. The second kappa shape index (κ2) is 17.4. The SMILES string of the molecule is CCO[Si](CCCCCCCCCCCCBr)(OCC)OCC. The lowest BCUT2D eigenvalue weighted by Gasteiger charge is -2.28. The Hall–Kier alpha value is 0.577. The molecular formula is C18H39BrO3Si. The normalized spacial score (nSPS) is 12.0. The number of unbranched alkanes of at least 4 members (excludes halogenated alkanes) is 9. The van der Waals surface area contributed by atoms with Crippen molar-refractivity contribution in [2.24, 2.45) is 0 Å². The van der Waals surface area contributed by atoms with E-state index in [-0.39, 0.29) is 0 Å². The van der Waals surface area contributed by atoms with Crippen molar-refractivity contribution in [1.82, 2.24) is 0 Å². The summed E-state index contributed by atoms with van der Waals surface area (Å²) in [6.45, 7) is 8.12. The first-order valence-electron chi connectivity index (χ1n) is 9.72. The smallest absolute Gasteiger partial charge is 0.374 e. The highest BCUT2D eigenvalue weighted by Crippen LogP contribution is 2.21. The van der Waals surface area contributed by atoms with Crippen molar-refractivity contribution in [3.63, 3.8) is 0 Å². The van der Waals surface area contributed by atoms with Crippen molar-refractivity contribution in [3.8, 4) is 0 Å². The van der Waals surface area contributed by atoms with Gasteiger partial charge in [-0.3, -0.25) is 0 Å².